The molecule has 2 aromatic heterocycles. The predicted molar refractivity (Wildman–Crippen MR) is 243 cm³/mol. The Kier molecular flexibility index (Phi) is 16.7. The largest absolute Gasteiger partial charge is 0.508 e. The molecule has 0 saturated carbocycles. The van der Waals surface area contributed by atoms with E-state index in [1.165, 1.54) is 41.9 Å². The number of aryl methyl sites for hydroxylation is 1. The number of carbonyl (C=O) groups is 1. The van der Waals surface area contributed by atoms with Crippen molar-refractivity contribution in [2.24, 2.45) is 0 Å². The first-order chi connectivity index (χ1) is 28.8. The Bertz CT molecular complexity index is 2450. The van der Waals surface area contributed by atoms with E-state index in [0.29, 0.717) is 54.2 Å². The third-order valence-electron chi connectivity index (χ3n) is 9.28. The van der Waals surface area contributed by atoms with Gasteiger partial charge in [-0.3, -0.25) is 4.18 Å². The fraction of sp³-hybridized carbons (Fsp3) is 0.357. The number of carboxylic acid groups (broad SMARTS) is 1. The number of aliphatic carboxylic acids is 1. The quantitative estimate of drug-likeness (QED) is 0.0221. The minimum Gasteiger partial charge on any atom is -0.508 e. The van der Waals surface area contributed by atoms with Crippen molar-refractivity contribution in [3.05, 3.63) is 97.5 Å². The van der Waals surface area contributed by atoms with Crippen LogP contribution in [0.5, 0.6) is 23.1 Å². The number of nitrogens with zero attached hydrogens (tertiary/aromatic N) is 2. The molecule has 0 spiro atoms. The number of fused-ring (bicyclic) bond motifs is 1. The van der Waals surface area contributed by atoms with E-state index in [4.69, 9.17) is 51.1 Å². The van der Waals surface area contributed by atoms with Crippen LogP contribution in [-0.2, 0) is 35.0 Å². The molecule has 0 aliphatic heterocycles. The van der Waals surface area contributed by atoms with Crippen LogP contribution in [0.25, 0.3) is 21.3 Å². The van der Waals surface area contributed by atoms with Crippen molar-refractivity contribution in [2.75, 3.05) is 33.2 Å². The molecule has 0 aliphatic rings. The van der Waals surface area contributed by atoms with Gasteiger partial charge in [0.05, 0.1) is 37.3 Å². The number of thiophene rings is 1. The average Bonchev–Trinajstić information content (AvgIpc) is 3.53. The molecule has 2 heterocycles. The number of phenolic OH excluding ortho intramolecular Hbond substituents is 1. The van der Waals surface area contributed by atoms with Crippen LogP contribution in [0.1, 0.15) is 22.3 Å². The second-order valence-corrected chi connectivity index (χ2v) is 25.5. The number of hydrogen-bond acceptors (Lipinski definition) is 13. The summed E-state index contributed by atoms with van der Waals surface area (Å²) in [6, 6.07) is 11.6. The maximum atomic E-state index is 13.1. The Hall–Kier alpha value is -3.78. The van der Waals surface area contributed by atoms with E-state index in [-0.39, 0.29) is 58.7 Å². The molecule has 0 saturated heterocycles. The van der Waals surface area contributed by atoms with E-state index in [2.05, 4.69) is 52.1 Å². The smallest absolute Gasteiger partial charge is 0.345 e. The third-order valence-corrected chi connectivity index (χ3v) is 15.0. The van der Waals surface area contributed by atoms with Crippen molar-refractivity contribution in [1.82, 2.24) is 9.97 Å². The molecule has 328 valence electrons. The normalized spacial score (nSPS) is 12.9. The van der Waals surface area contributed by atoms with Gasteiger partial charge < -0.3 is 33.9 Å². The summed E-state index contributed by atoms with van der Waals surface area (Å²) in [5.41, 5.74) is 3.43. The SMILES string of the molecule is C=CCOCC(COS(=O)(=O)c1ccc(C)cc1)Oc1c(Cl)c(C)c(-c2c(Br)sc3ncnc(OC(Cc4cc(O)ccc4OCOCC[Si](C)(C)C)C(=O)O)c23)c(C)c1Cl. The number of benzene rings is 3. The zero-order valence-electron chi connectivity index (χ0n) is 34.4. The Labute approximate surface area is 378 Å². The molecule has 0 amide bonds. The fourth-order valence-corrected chi connectivity index (χ4v) is 9.97. The van der Waals surface area contributed by atoms with Gasteiger partial charge in [-0.2, -0.15) is 8.42 Å². The van der Waals surface area contributed by atoms with Crippen molar-refractivity contribution in [3.63, 3.8) is 0 Å². The molecule has 2 N–H and O–H groups in total. The monoisotopic (exact) mass is 996 g/mol. The van der Waals surface area contributed by atoms with Gasteiger partial charge in [0.25, 0.3) is 10.1 Å². The number of aromatic hydroxyl groups is 1. The molecule has 2 unspecified atom stereocenters. The first-order valence-electron chi connectivity index (χ1n) is 19.0. The topological polar surface area (TPSA) is 173 Å². The zero-order valence-corrected chi connectivity index (χ0v) is 40.2. The van der Waals surface area contributed by atoms with Gasteiger partial charge in [-0.15, -0.1) is 17.9 Å². The highest BCUT2D eigenvalue weighted by Gasteiger charge is 2.31. The van der Waals surface area contributed by atoms with E-state index in [9.17, 15) is 23.4 Å². The van der Waals surface area contributed by atoms with Crippen LogP contribution in [0, 0.1) is 20.8 Å². The van der Waals surface area contributed by atoms with Gasteiger partial charge in [0.15, 0.2) is 12.5 Å². The predicted octanol–water partition coefficient (Wildman–Crippen LogP) is 10.2. The lowest BCUT2D eigenvalue weighted by Gasteiger charge is -2.24. The van der Waals surface area contributed by atoms with E-state index in [1.54, 1.807) is 38.1 Å². The highest BCUT2D eigenvalue weighted by atomic mass is 79.9. The summed E-state index contributed by atoms with van der Waals surface area (Å²) >= 11 is 19.0. The zero-order chi connectivity index (χ0) is 44.6. The summed E-state index contributed by atoms with van der Waals surface area (Å²) in [6.07, 6.45) is 0.156. The summed E-state index contributed by atoms with van der Waals surface area (Å²) in [5.74, 6) is -0.984. The summed E-state index contributed by atoms with van der Waals surface area (Å²) in [5, 5.41) is 21.4. The Morgan fingerprint density at radius 3 is 2.31 bits per heavy atom. The fourth-order valence-electron chi connectivity index (χ4n) is 6.04. The summed E-state index contributed by atoms with van der Waals surface area (Å²) < 4.78 is 61.8. The van der Waals surface area contributed by atoms with Gasteiger partial charge in [0.2, 0.25) is 12.0 Å². The number of aromatic nitrogens is 2. The van der Waals surface area contributed by atoms with Crippen molar-refractivity contribution >= 4 is 84.8 Å². The summed E-state index contributed by atoms with van der Waals surface area (Å²) in [6.45, 7) is 15.9. The number of ether oxygens (including phenoxy) is 5. The Morgan fingerprint density at radius 2 is 1.67 bits per heavy atom. The molecule has 61 heavy (non-hydrogen) atoms. The molecule has 19 heteroatoms. The van der Waals surface area contributed by atoms with Crippen LogP contribution >= 0.6 is 50.5 Å². The first-order valence-corrected chi connectivity index (χ1v) is 26.4. The third kappa shape index (κ3) is 12.4. The molecule has 0 aliphatic carbocycles. The highest BCUT2D eigenvalue weighted by Crippen LogP contribution is 2.51. The second kappa shape index (κ2) is 21.1. The molecule has 3 aromatic carbocycles. The molecule has 13 nitrogen and oxygen atoms in total. The lowest BCUT2D eigenvalue weighted by Crippen LogP contribution is -2.30. The average molecular weight is 999 g/mol. The van der Waals surface area contributed by atoms with Gasteiger partial charge in [-0.25, -0.2) is 14.8 Å². The maximum Gasteiger partial charge on any atom is 0.345 e. The van der Waals surface area contributed by atoms with E-state index >= 15 is 0 Å². The van der Waals surface area contributed by atoms with Gasteiger partial charge >= 0.3 is 5.97 Å². The maximum absolute atomic E-state index is 13.1. The molecule has 0 bridgehead atoms. The van der Waals surface area contributed by atoms with Gasteiger partial charge in [0.1, 0.15) is 35.4 Å². The van der Waals surface area contributed by atoms with Crippen molar-refractivity contribution < 1.29 is 51.3 Å². The number of hydrogen-bond donors (Lipinski definition) is 2. The number of carboxylic acids is 1. The van der Waals surface area contributed by atoms with Crippen LogP contribution in [-0.4, -0.2) is 88.1 Å². The van der Waals surface area contributed by atoms with Crippen LogP contribution in [0.2, 0.25) is 35.7 Å². The minimum absolute atomic E-state index is 0.0155. The van der Waals surface area contributed by atoms with Crippen molar-refractivity contribution in [2.45, 2.75) is 70.0 Å². The number of halogens is 3. The molecule has 5 rings (SSSR count). The van der Waals surface area contributed by atoms with Crippen molar-refractivity contribution in [1.29, 1.82) is 0 Å². The number of rotatable bonds is 22. The standard InChI is InChI=1S/C42H47BrCl2N2O11S2Si/c1-8-15-53-20-29(21-56-60(51,52)30-12-9-24(2)10-13-30)57-38-36(44)25(3)33(26(4)37(38)45)34-35-40(46-22-47-41(35)59-39(34)43)58-32(42(49)50)19-27-18-28(48)11-14-31(27)55-23-54-16-17-61(5,6)7/h8-14,18,22,29,32,48H,1,15-17,19-21,23H2,2-7H3,(H,49,50). The molecule has 0 fully saturated rings. The van der Waals surface area contributed by atoms with E-state index in [1.807, 2.05) is 6.92 Å². The lowest BCUT2D eigenvalue weighted by molar-refractivity contribution is -0.145. The Balaban J connectivity index is 1.46. The second-order valence-electron chi connectivity index (χ2n) is 15.2. The molecule has 2 atom stereocenters. The highest BCUT2D eigenvalue weighted by molar-refractivity contribution is 9.11. The van der Waals surface area contributed by atoms with Gasteiger partial charge in [0, 0.05) is 32.2 Å². The first kappa shape index (κ1) is 48.3. The Morgan fingerprint density at radius 1 is 0.984 bits per heavy atom. The van der Waals surface area contributed by atoms with E-state index in [0.717, 1.165) is 11.6 Å². The lowest BCUT2D eigenvalue weighted by atomic mass is 9.95. The van der Waals surface area contributed by atoms with Gasteiger partial charge in [-0.05, 0) is 89.8 Å². The van der Waals surface area contributed by atoms with Crippen LogP contribution < -0.4 is 14.2 Å². The van der Waals surface area contributed by atoms with Gasteiger partial charge in [-0.1, -0.05) is 66.6 Å². The molecular weight excluding hydrogens is 951 g/mol. The van der Waals surface area contributed by atoms with E-state index < -0.39 is 43.0 Å². The summed E-state index contributed by atoms with van der Waals surface area (Å²) in [7, 11) is -5.47. The summed E-state index contributed by atoms with van der Waals surface area (Å²) in [4.78, 5) is 22.1. The molecule has 5 aromatic rings. The minimum atomic E-state index is -4.15. The van der Waals surface area contributed by atoms with Crippen LogP contribution in [0.3, 0.4) is 0 Å². The molecular formula is C42H47BrCl2N2O11S2Si. The van der Waals surface area contributed by atoms with Crippen molar-refractivity contribution in [3.8, 4) is 34.3 Å². The van der Waals surface area contributed by atoms with Crippen LogP contribution in [0.4, 0.5) is 0 Å². The number of phenols is 1. The van der Waals surface area contributed by atoms with Crippen LogP contribution in [0.15, 0.2) is 70.1 Å². The molecule has 0 radical (unpaired) electrons.